The summed E-state index contributed by atoms with van der Waals surface area (Å²) in [5, 5.41) is 16.5. The van der Waals surface area contributed by atoms with Crippen molar-refractivity contribution >= 4 is 15.9 Å². The molecule has 1 aliphatic rings. The van der Waals surface area contributed by atoms with Crippen LogP contribution in [0.3, 0.4) is 0 Å². The number of fused-ring (bicyclic) bond motifs is 1. The van der Waals surface area contributed by atoms with Crippen LogP contribution in [0.15, 0.2) is 35.2 Å². The molecule has 1 aliphatic heterocycles. The monoisotopic (exact) mass is 378 g/mol. The second-order valence-corrected chi connectivity index (χ2v) is 8.20. The van der Waals surface area contributed by atoms with E-state index in [1.165, 1.54) is 23.5 Å². The van der Waals surface area contributed by atoms with E-state index >= 15 is 0 Å². The molecule has 2 aromatic rings. The van der Waals surface area contributed by atoms with E-state index in [0.29, 0.717) is 30.8 Å². The lowest BCUT2D eigenvalue weighted by molar-refractivity contribution is 0.0963. The highest BCUT2D eigenvalue weighted by Crippen LogP contribution is 2.24. The molecule has 1 atom stereocenters. The highest BCUT2D eigenvalue weighted by molar-refractivity contribution is 7.89. The number of aromatic nitrogens is 2. The van der Waals surface area contributed by atoms with E-state index in [-0.39, 0.29) is 17.3 Å². The van der Waals surface area contributed by atoms with Gasteiger partial charge in [-0.15, -0.1) is 0 Å². The smallest absolute Gasteiger partial charge is 0.251 e. The number of sulfonamides is 1. The number of carbonyl (C=O) groups is 1. The number of nitrogens with zero attached hydrogens (tertiary/aromatic N) is 3. The Balaban J connectivity index is 1.93. The van der Waals surface area contributed by atoms with Gasteiger partial charge in [-0.2, -0.15) is 9.40 Å². The number of amides is 1. The van der Waals surface area contributed by atoms with Crippen LogP contribution in [0.5, 0.6) is 0 Å². The number of hydrogen-bond acceptors (Lipinski definition) is 5. The molecular weight excluding hydrogens is 356 g/mol. The van der Waals surface area contributed by atoms with E-state index in [1.807, 2.05) is 0 Å². The molecule has 0 fully saturated rings. The van der Waals surface area contributed by atoms with Gasteiger partial charge in [0.1, 0.15) is 0 Å². The van der Waals surface area contributed by atoms with Crippen molar-refractivity contribution < 1.29 is 18.3 Å². The topological polar surface area (TPSA) is 105 Å². The Hall–Kier alpha value is -2.23. The van der Waals surface area contributed by atoms with Crippen LogP contribution in [0.25, 0.3) is 0 Å². The molecule has 0 saturated carbocycles. The first-order valence-electron chi connectivity index (χ1n) is 8.40. The largest absolute Gasteiger partial charge is 0.387 e. The zero-order valence-electron chi connectivity index (χ0n) is 14.7. The minimum Gasteiger partial charge on any atom is -0.387 e. The number of nitrogens with one attached hydrogen (secondary N) is 1. The molecule has 0 unspecified atom stereocenters. The fraction of sp³-hybridized carbons (Fsp3) is 0.412. The molecule has 0 aliphatic carbocycles. The third-order valence-corrected chi connectivity index (χ3v) is 6.23. The SMILES string of the molecule is CNC(=O)c1cccc(S(=O)(=O)N2CCCn3nc([C@H](C)O)cc3C2)c1. The highest BCUT2D eigenvalue weighted by Gasteiger charge is 2.28. The molecule has 8 nitrogen and oxygen atoms in total. The van der Waals surface area contributed by atoms with Crippen molar-refractivity contribution in [3.8, 4) is 0 Å². The number of benzene rings is 1. The second kappa shape index (κ2) is 7.18. The third-order valence-electron chi connectivity index (χ3n) is 4.39. The number of carbonyl (C=O) groups excluding carboxylic acids is 1. The molecule has 3 rings (SSSR count). The first kappa shape index (κ1) is 18.6. The zero-order chi connectivity index (χ0) is 18.9. The minimum atomic E-state index is -3.75. The Bertz CT molecular complexity index is 921. The Morgan fingerprint density at radius 1 is 1.31 bits per heavy atom. The molecule has 0 radical (unpaired) electrons. The van der Waals surface area contributed by atoms with Crippen LogP contribution in [-0.4, -0.2) is 47.1 Å². The van der Waals surface area contributed by atoms with E-state index < -0.39 is 16.1 Å². The van der Waals surface area contributed by atoms with Crippen LogP contribution in [0.4, 0.5) is 0 Å². The maximum absolute atomic E-state index is 13.1. The van der Waals surface area contributed by atoms with Gasteiger partial charge < -0.3 is 10.4 Å². The zero-order valence-corrected chi connectivity index (χ0v) is 15.5. The molecule has 2 N–H and O–H groups in total. The summed E-state index contributed by atoms with van der Waals surface area (Å²) in [4.78, 5) is 11.9. The van der Waals surface area contributed by atoms with Gasteiger partial charge >= 0.3 is 0 Å². The van der Waals surface area contributed by atoms with Gasteiger partial charge in [0.15, 0.2) is 0 Å². The summed E-state index contributed by atoms with van der Waals surface area (Å²) >= 11 is 0. The maximum Gasteiger partial charge on any atom is 0.251 e. The van der Waals surface area contributed by atoms with E-state index in [9.17, 15) is 18.3 Å². The Morgan fingerprint density at radius 2 is 2.08 bits per heavy atom. The Kier molecular flexibility index (Phi) is 5.12. The quantitative estimate of drug-likeness (QED) is 0.822. The van der Waals surface area contributed by atoms with Gasteiger partial charge in [0.05, 0.1) is 28.9 Å². The first-order valence-corrected chi connectivity index (χ1v) is 9.84. The highest BCUT2D eigenvalue weighted by atomic mass is 32.2. The average molecular weight is 378 g/mol. The van der Waals surface area contributed by atoms with Gasteiger partial charge in [0, 0.05) is 25.7 Å². The molecule has 0 bridgehead atoms. The molecule has 0 spiro atoms. The third kappa shape index (κ3) is 3.50. The molecule has 1 amide bonds. The fourth-order valence-electron chi connectivity index (χ4n) is 2.96. The summed E-state index contributed by atoms with van der Waals surface area (Å²) in [5.74, 6) is -0.336. The lowest BCUT2D eigenvalue weighted by Crippen LogP contribution is -2.31. The number of aliphatic hydroxyl groups excluding tert-OH is 1. The van der Waals surface area contributed by atoms with Gasteiger partial charge in [-0.1, -0.05) is 6.07 Å². The van der Waals surface area contributed by atoms with Crippen molar-refractivity contribution in [2.24, 2.45) is 0 Å². The molecule has 2 heterocycles. The Morgan fingerprint density at radius 3 is 2.77 bits per heavy atom. The van der Waals surface area contributed by atoms with Crippen molar-refractivity contribution in [1.29, 1.82) is 0 Å². The van der Waals surface area contributed by atoms with Crippen LogP contribution < -0.4 is 5.32 Å². The lowest BCUT2D eigenvalue weighted by Gasteiger charge is -2.20. The van der Waals surface area contributed by atoms with Gasteiger partial charge in [0.2, 0.25) is 10.0 Å². The fourth-order valence-corrected chi connectivity index (χ4v) is 4.45. The van der Waals surface area contributed by atoms with Crippen molar-refractivity contribution in [3.63, 3.8) is 0 Å². The van der Waals surface area contributed by atoms with E-state index in [2.05, 4.69) is 10.4 Å². The average Bonchev–Trinajstić information content (AvgIpc) is 2.93. The number of aryl methyl sites for hydroxylation is 1. The van der Waals surface area contributed by atoms with Gasteiger partial charge in [-0.25, -0.2) is 8.42 Å². The summed E-state index contributed by atoms with van der Waals surface area (Å²) < 4.78 is 29.3. The van der Waals surface area contributed by atoms with Crippen LogP contribution in [0.1, 0.15) is 41.2 Å². The summed E-state index contributed by atoms with van der Waals surface area (Å²) in [6, 6.07) is 7.75. The van der Waals surface area contributed by atoms with Gasteiger partial charge in [0.25, 0.3) is 5.91 Å². The van der Waals surface area contributed by atoms with Gasteiger partial charge in [-0.3, -0.25) is 9.48 Å². The molecule has 26 heavy (non-hydrogen) atoms. The van der Waals surface area contributed by atoms with Crippen molar-refractivity contribution in [2.45, 2.75) is 37.4 Å². The predicted molar refractivity (Wildman–Crippen MR) is 94.9 cm³/mol. The number of rotatable bonds is 4. The van der Waals surface area contributed by atoms with Crippen LogP contribution in [0.2, 0.25) is 0 Å². The normalized spacial score (nSPS) is 16.6. The molecule has 1 aromatic carbocycles. The predicted octanol–water partition coefficient (Wildman–Crippen LogP) is 0.891. The lowest BCUT2D eigenvalue weighted by atomic mass is 10.2. The molecular formula is C17H22N4O4S. The first-order chi connectivity index (χ1) is 12.3. The van der Waals surface area contributed by atoms with Crippen LogP contribution >= 0.6 is 0 Å². The van der Waals surface area contributed by atoms with E-state index in [0.717, 1.165) is 5.69 Å². The summed E-state index contributed by atoms with van der Waals surface area (Å²) in [7, 11) is -2.25. The van der Waals surface area contributed by atoms with Crippen molar-refractivity contribution in [3.05, 3.63) is 47.3 Å². The minimum absolute atomic E-state index is 0.0855. The molecule has 140 valence electrons. The summed E-state index contributed by atoms with van der Waals surface area (Å²) in [5.41, 5.74) is 1.56. The van der Waals surface area contributed by atoms with Crippen LogP contribution in [0, 0.1) is 0 Å². The molecule has 0 saturated heterocycles. The summed E-state index contributed by atoms with van der Waals surface area (Å²) in [6.45, 7) is 2.75. The van der Waals surface area contributed by atoms with Gasteiger partial charge in [-0.05, 0) is 37.6 Å². The van der Waals surface area contributed by atoms with E-state index in [1.54, 1.807) is 29.8 Å². The standard InChI is InChI=1S/C17H22N4O4S/c1-12(22)16-10-14-11-20(7-4-8-21(14)19-16)26(24,25)15-6-3-5-13(9-15)17(23)18-2/h3,5-6,9-10,12,22H,4,7-8,11H2,1-2H3,(H,18,23)/t12-/m0/s1. The summed E-state index contributed by atoms with van der Waals surface area (Å²) in [6.07, 6.45) is -0.0915. The van der Waals surface area contributed by atoms with Crippen molar-refractivity contribution in [2.75, 3.05) is 13.6 Å². The van der Waals surface area contributed by atoms with E-state index in [4.69, 9.17) is 0 Å². The molecule has 1 aromatic heterocycles. The van der Waals surface area contributed by atoms with Crippen LogP contribution in [-0.2, 0) is 23.1 Å². The number of aliphatic hydroxyl groups is 1. The maximum atomic E-state index is 13.1. The molecule has 9 heteroatoms. The number of hydrogen-bond donors (Lipinski definition) is 2. The van der Waals surface area contributed by atoms with Crippen molar-refractivity contribution in [1.82, 2.24) is 19.4 Å². The second-order valence-electron chi connectivity index (χ2n) is 6.26. The Labute approximate surface area is 152 Å².